The Kier molecular flexibility index (Phi) is 6.54. The van der Waals surface area contributed by atoms with E-state index >= 15 is 0 Å². The predicted octanol–water partition coefficient (Wildman–Crippen LogP) is 3.64. The van der Waals surface area contributed by atoms with E-state index in [1.54, 1.807) is 0 Å². The van der Waals surface area contributed by atoms with E-state index < -0.39 is 5.54 Å². The Morgan fingerprint density at radius 3 is 2.50 bits per heavy atom. The molecule has 1 rings (SSSR count). The summed E-state index contributed by atoms with van der Waals surface area (Å²) >= 11 is 0. The van der Waals surface area contributed by atoms with Gasteiger partial charge in [0.1, 0.15) is 11.3 Å². The van der Waals surface area contributed by atoms with Crippen LogP contribution in [0.2, 0.25) is 0 Å². The summed E-state index contributed by atoms with van der Waals surface area (Å²) in [5.74, 6) is 0.893. The number of ether oxygens (including phenoxy) is 1. The molecule has 0 N–H and O–H groups in total. The van der Waals surface area contributed by atoms with Gasteiger partial charge in [-0.3, -0.25) is 4.90 Å². The van der Waals surface area contributed by atoms with E-state index in [-0.39, 0.29) is 0 Å². The van der Waals surface area contributed by atoms with Crippen molar-refractivity contribution in [3.63, 3.8) is 0 Å². The van der Waals surface area contributed by atoms with E-state index in [1.807, 2.05) is 19.1 Å². The van der Waals surface area contributed by atoms with E-state index in [4.69, 9.17) is 4.74 Å². The minimum atomic E-state index is -0.465. The first-order chi connectivity index (χ1) is 9.59. The molecule has 0 heterocycles. The fourth-order valence-corrected chi connectivity index (χ4v) is 2.51. The summed E-state index contributed by atoms with van der Waals surface area (Å²) in [7, 11) is 0. The summed E-state index contributed by atoms with van der Waals surface area (Å²) in [4.78, 5) is 2.20. The summed E-state index contributed by atoms with van der Waals surface area (Å²) in [5, 5.41) is 9.57. The molecule has 0 bridgehead atoms. The summed E-state index contributed by atoms with van der Waals surface area (Å²) in [6, 6.07) is 10.6. The Hall–Kier alpha value is -1.53. The second-order valence-corrected chi connectivity index (χ2v) is 5.23. The summed E-state index contributed by atoms with van der Waals surface area (Å²) < 4.78 is 5.66. The van der Waals surface area contributed by atoms with Crippen LogP contribution in [0.4, 0.5) is 0 Å². The predicted molar refractivity (Wildman–Crippen MR) is 82.9 cm³/mol. The van der Waals surface area contributed by atoms with Gasteiger partial charge in [0.05, 0.1) is 12.7 Å². The van der Waals surface area contributed by atoms with Crippen molar-refractivity contribution in [2.75, 3.05) is 19.7 Å². The maximum absolute atomic E-state index is 9.57. The van der Waals surface area contributed by atoms with Gasteiger partial charge in [-0.05, 0) is 44.1 Å². The second kappa shape index (κ2) is 7.91. The molecule has 0 spiro atoms. The van der Waals surface area contributed by atoms with Crippen LogP contribution in [0.25, 0.3) is 0 Å². The number of hydrogen-bond donors (Lipinski definition) is 0. The van der Waals surface area contributed by atoms with Crippen LogP contribution in [-0.4, -0.2) is 30.1 Å². The van der Waals surface area contributed by atoms with E-state index in [1.165, 1.54) is 0 Å². The van der Waals surface area contributed by atoms with Gasteiger partial charge in [0.15, 0.2) is 0 Å². The van der Waals surface area contributed by atoms with Crippen molar-refractivity contribution in [2.45, 2.75) is 46.1 Å². The van der Waals surface area contributed by atoms with Gasteiger partial charge in [-0.25, -0.2) is 0 Å². The third-order valence-corrected chi connectivity index (χ3v) is 3.62. The largest absolute Gasteiger partial charge is 0.494 e. The molecule has 3 heteroatoms. The minimum absolute atomic E-state index is 0.465. The molecular weight excluding hydrogens is 248 g/mol. The lowest BCUT2D eigenvalue weighted by atomic mass is 9.92. The summed E-state index contributed by atoms with van der Waals surface area (Å²) in [6.45, 7) is 10.8. The topological polar surface area (TPSA) is 36.3 Å². The zero-order chi connectivity index (χ0) is 15.0. The van der Waals surface area contributed by atoms with Crippen LogP contribution in [0.15, 0.2) is 24.3 Å². The number of nitriles is 1. The van der Waals surface area contributed by atoms with Crippen molar-refractivity contribution in [1.29, 1.82) is 5.26 Å². The monoisotopic (exact) mass is 274 g/mol. The molecular formula is C17H26N2O. The van der Waals surface area contributed by atoms with Crippen LogP contribution in [0, 0.1) is 11.3 Å². The Morgan fingerprint density at radius 2 is 1.95 bits per heavy atom. The van der Waals surface area contributed by atoms with E-state index in [2.05, 4.69) is 43.9 Å². The first-order valence-electron chi connectivity index (χ1n) is 7.47. The molecule has 1 atom stereocenters. The zero-order valence-electron chi connectivity index (χ0n) is 13.1. The normalized spacial score (nSPS) is 13.8. The molecule has 0 aliphatic rings. The average Bonchev–Trinajstić information content (AvgIpc) is 2.46. The highest BCUT2D eigenvalue weighted by Gasteiger charge is 2.30. The Labute approximate surface area is 123 Å². The van der Waals surface area contributed by atoms with Crippen LogP contribution >= 0.6 is 0 Å². The Morgan fingerprint density at radius 1 is 1.25 bits per heavy atom. The third kappa shape index (κ3) is 4.25. The summed E-state index contributed by atoms with van der Waals surface area (Å²) in [6.07, 6.45) is 1.72. The van der Waals surface area contributed by atoms with Crippen LogP contribution < -0.4 is 4.74 Å². The van der Waals surface area contributed by atoms with Crippen molar-refractivity contribution in [1.82, 2.24) is 4.90 Å². The highest BCUT2D eigenvalue weighted by Crippen LogP contribution is 2.23. The Bertz CT molecular complexity index is 449. The lowest BCUT2D eigenvalue weighted by Crippen LogP contribution is -2.46. The van der Waals surface area contributed by atoms with E-state index in [0.717, 1.165) is 37.4 Å². The maximum Gasteiger partial charge on any atom is 0.119 e. The fraction of sp³-hybridized carbons (Fsp3) is 0.588. The van der Waals surface area contributed by atoms with Gasteiger partial charge < -0.3 is 4.74 Å². The molecule has 1 aromatic rings. The van der Waals surface area contributed by atoms with E-state index in [9.17, 15) is 5.26 Å². The van der Waals surface area contributed by atoms with E-state index in [0.29, 0.717) is 6.42 Å². The molecule has 0 saturated carbocycles. The molecule has 0 aliphatic carbocycles. The quantitative estimate of drug-likeness (QED) is 0.726. The number of hydrogen-bond acceptors (Lipinski definition) is 3. The van der Waals surface area contributed by atoms with Gasteiger partial charge in [-0.1, -0.05) is 32.9 Å². The minimum Gasteiger partial charge on any atom is -0.494 e. The van der Waals surface area contributed by atoms with Gasteiger partial charge in [-0.15, -0.1) is 0 Å². The molecule has 0 aliphatic heterocycles. The van der Waals surface area contributed by atoms with Crippen LogP contribution in [0.5, 0.6) is 5.75 Å². The highest BCUT2D eigenvalue weighted by molar-refractivity contribution is 5.31. The fourth-order valence-electron chi connectivity index (χ4n) is 2.51. The molecule has 0 fully saturated rings. The van der Waals surface area contributed by atoms with Gasteiger partial charge in [0.25, 0.3) is 0 Å². The standard InChI is InChI=1S/C17H26N2O/c1-5-11-20-16-10-8-9-15(12-16)13-17(4,14-18)19(6-2)7-3/h8-10,12H,5-7,11,13H2,1-4H3. The lowest BCUT2D eigenvalue weighted by molar-refractivity contribution is 0.169. The zero-order valence-corrected chi connectivity index (χ0v) is 13.1. The van der Waals surface area contributed by atoms with Crippen LogP contribution in [-0.2, 0) is 6.42 Å². The Balaban J connectivity index is 2.87. The van der Waals surface area contributed by atoms with Gasteiger partial charge in [0.2, 0.25) is 0 Å². The summed E-state index contributed by atoms with van der Waals surface area (Å²) in [5.41, 5.74) is 0.682. The number of likely N-dealkylation sites (N-methyl/N-ethyl adjacent to an activating group) is 1. The number of rotatable bonds is 8. The molecule has 20 heavy (non-hydrogen) atoms. The van der Waals surface area contributed by atoms with Gasteiger partial charge in [0, 0.05) is 6.42 Å². The molecule has 1 aromatic carbocycles. The molecule has 0 radical (unpaired) electrons. The van der Waals surface area contributed by atoms with Gasteiger partial charge >= 0.3 is 0 Å². The molecule has 1 unspecified atom stereocenters. The van der Waals surface area contributed by atoms with Crippen molar-refractivity contribution in [3.8, 4) is 11.8 Å². The molecule has 110 valence electrons. The molecule has 0 amide bonds. The third-order valence-electron chi connectivity index (χ3n) is 3.62. The number of nitrogens with zero attached hydrogens (tertiary/aromatic N) is 2. The molecule has 3 nitrogen and oxygen atoms in total. The molecule has 0 aromatic heterocycles. The molecule has 0 saturated heterocycles. The second-order valence-electron chi connectivity index (χ2n) is 5.23. The van der Waals surface area contributed by atoms with Gasteiger partial charge in [-0.2, -0.15) is 5.26 Å². The highest BCUT2D eigenvalue weighted by atomic mass is 16.5. The van der Waals surface area contributed by atoms with Crippen LogP contribution in [0.1, 0.15) is 39.7 Å². The maximum atomic E-state index is 9.57. The average molecular weight is 274 g/mol. The van der Waals surface area contributed by atoms with Crippen molar-refractivity contribution in [2.24, 2.45) is 0 Å². The first kappa shape index (κ1) is 16.5. The SMILES string of the molecule is CCCOc1cccc(CC(C)(C#N)N(CC)CC)c1. The first-order valence-corrected chi connectivity index (χ1v) is 7.47. The lowest BCUT2D eigenvalue weighted by Gasteiger charge is -2.34. The number of benzene rings is 1. The smallest absolute Gasteiger partial charge is 0.119 e. The van der Waals surface area contributed by atoms with Crippen molar-refractivity contribution in [3.05, 3.63) is 29.8 Å². The van der Waals surface area contributed by atoms with Crippen LogP contribution in [0.3, 0.4) is 0 Å². The van der Waals surface area contributed by atoms with Crippen molar-refractivity contribution < 1.29 is 4.74 Å². The van der Waals surface area contributed by atoms with Crippen molar-refractivity contribution >= 4 is 0 Å².